The molecular weight excluding hydrogens is 324 g/mol. The van der Waals surface area contributed by atoms with Gasteiger partial charge in [0.15, 0.2) is 0 Å². The first-order valence-corrected chi connectivity index (χ1v) is 7.89. The first kappa shape index (κ1) is 15.3. The number of urea groups is 2. The van der Waals surface area contributed by atoms with Crippen LogP contribution in [0.15, 0.2) is 53.1 Å². The van der Waals surface area contributed by atoms with Crippen LogP contribution in [0, 0.1) is 5.92 Å². The predicted molar refractivity (Wildman–Crippen MR) is 85.9 cm³/mol. The maximum atomic E-state index is 12.5. The lowest BCUT2D eigenvalue weighted by molar-refractivity contribution is -0.131. The van der Waals surface area contributed by atoms with Crippen LogP contribution in [0.3, 0.4) is 0 Å². The van der Waals surface area contributed by atoms with E-state index in [0.717, 1.165) is 5.56 Å². The number of nitrogens with one attached hydrogen (secondary N) is 3. The Hall–Kier alpha value is -3.29. The number of benzene rings is 1. The van der Waals surface area contributed by atoms with E-state index in [4.69, 9.17) is 4.42 Å². The molecule has 2 aromatic rings. The van der Waals surface area contributed by atoms with Crippen LogP contribution >= 0.6 is 0 Å². The topological polar surface area (TPSA) is 104 Å². The molecule has 3 N–H and O–H groups in total. The average Bonchev–Trinajstić information content (AvgIpc) is 3.13. The fourth-order valence-electron chi connectivity index (χ4n) is 3.30. The molecule has 2 saturated heterocycles. The number of nitrogens with zero attached hydrogens (tertiary/aromatic N) is 1. The summed E-state index contributed by atoms with van der Waals surface area (Å²) in [5.74, 6) is -0.688. The number of rotatable bonds is 3. The van der Waals surface area contributed by atoms with Gasteiger partial charge in [0.1, 0.15) is 23.9 Å². The van der Waals surface area contributed by atoms with Gasteiger partial charge in [-0.3, -0.25) is 15.0 Å². The standard InChI is InChI=1S/C17H16N4O4/c22-15-12-13(11-7-4-8-25-11)18-16(23)19-14(12)21(17(24)20-15)9-10-5-2-1-3-6-10/h1-8,12-14H,9H2,(H2,18,19,23)(H,20,22,24). The minimum Gasteiger partial charge on any atom is -0.467 e. The van der Waals surface area contributed by atoms with Crippen molar-refractivity contribution in [2.24, 2.45) is 5.92 Å². The third-order valence-corrected chi connectivity index (χ3v) is 4.44. The molecule has 0 bridgehead atoms. The zero-order chi connectivity index (χ0) is 17.4. The quantitative estimate of drug-likeness (QED) is 0.784. The van der Waals surface area contributed by atoms with Crippen molar-refractivity contribution in [2.45, 2.75) is 18.8 Å². The van der Waals surface area contributed by atoms with Gasteiger partial charge in [-0.1, -0.05) is 30.3 Å². The lowest BCUT2D eigenvalue weighted by Crippen LogP contribution is -2.71. The minimum absolute atomic E-state index is 0.270. The molecule has 3 atom stereocenters. The van der Waals surface area contributed by atoms with E-state index in [1.807, 2.05) is 30.3 Å². The highest BCUT2D eigenvalue weighted by Crippen LogP contribution is 2.32. The SMILES string of the molecule is O=C1NC(c2ccco2)C2C(=O)NC(=O)N(Cc3ccccc3)C2N1. The first-order valence-electron chi connectivity index (χ1n) is 7.89. The number of carbonyl (C=O) groups is 3. The Balaban J connectivity index is 1.68. The van der Waals surface area contributed by atoms with Gasteiger partial charge in [-0.05, 0) is 17.7 Å². The van der Waals surface area contributed by atoms with E-state index in [-0.39, 0.29) is 6.54 Å². The Labute approximate surface area is 143 Å². The summed E-state index contributed by atoms with van der Waals surface area (Å²) in [6, 6.07) is 11.1. The van der Waals surface area contributed by atoms with E-state index in [0.29, 0.717) is 5.76 Å². The molecule has 128 valence electrons. The highest BCUT2D eigenvalue weighted by molar-refractivity contribution is 6.00. The third-order valence-electron chi connectivity index (χ3n) is 4.44. The number of imide groups is 1. The molecule has 0 saturated carbocycles. The van der Waals surface area contributed by atoms with E-state index in [1.54, 1.807) is 12.1 Å². The number of fused-ring (bicyclic) bond motifs is 1. The van der Waals surface area contributed by atoms with Crippen molar-refractivity contribution in [3.05, 3.63) is 60.1 Å². The second kappa shape index (κ2) is 5.97. The van der Waals surface area contributed by atoms with E-state index in [1.165, 1.54) is 11.2 Å². The van der Waals surface area contributed by atoms with Crippen LogP contribution in [0.1, 0.15) is 17.4 Å². The van der Waals surface area contributed by atoms with Crippen LogP contribution in [-0.4, -0.2) is 29.0 Å². The van der Waals surface area contributed by atoms with Gasteiger partial charge < -0.3 is 15.1 Å². The predicted octanol–water partition coefficient (Wildman–Crippen LogP) is 1.33. The Bertz CT molecular complexity index is 805. The van der Waals surface area contributed by atoms with Crippen molar-refractivity contribution in [3.63, 3.8) is 0 Å². The van der Waals surface area contributed by atoms with Crippen LogP contribution in [0.4, 0.5) is 9.59 Å². The van der Waals surface area contributed by atoms with Crippen molar-refractivity contribution in [3.8, 4) is 0 Å². The molecule has 8 nitrogen and oxygen atoms in total. The van der Waals surface area contributed by atoms with E-state index >= 15 is 0 Å². The minimum atomic E-state index is -0.759. The Kier molecular flexibility index (Phi) is 3.64. The highest BCUT2D eigenvalue weighted by Gasteiger charge is 2.50. The Morgan fingerprint density at radius 3 is 2.52 bits per heavy atom. The molecule has 2 aliphatic rings. The molecular formula is C17H16N4O4. The van der Waals surface area contributed by atoms with Gasteiger partial charge in [0, 0.05) is 6.54 Å². The maximum absolute atomic E-state index is 12.5. The highest BCUT2D eigenvalue weighted by atomic mass is 16.3. The maximum Gasteiger partial charge on any atom is 0.326 e. The fourth-order valence-corrected chi connectivity index (χ4v) is 3.30. The van der Waals surface area contributed by atoms with Crippen molar-refractivity contribution < 1.29 is 18.8 Å². The van der Waals surface area contributed by atoms with Crippen molar-refractivity contribution in [1.29, 1.82) is 0 Å². The summed E-state index contributed by atoms with van der Waals surface area (Å²) >= 11 is 0. The molecule has 0 aliphatic carbocycles. The number of hydrogen-bond donors (Lipinski definition) is 3. The molecule has 3 unspecified atom stereocenters. The molecule has 3 heterocycles. The van der Waals surface area contributed by atoms with Gasteiger partial charge in [-0.15, -0.1) is 0 Å². The molecule has 5 amide bonds. The van der Waals surface area contributed by atoms with Gasteiger partial charge in [0.2, 0.25) is 5.91 Å². The monoisotopic (exact) mass is 340 g/mol. The lowest BCUT2D eigenvalue weighted by atomic mass is 9.89. The van der Waals surface area contributed by atoms with Gasteiger partial charge in [-0.2, -0.15) is 0 Å². The van der Waals surface area contributed by atoms with Gasteiger partial charge in [0.25, 0.3) is 0 Å². The van der Waals surface area contributed by atoms with E-state index in [9.17, 15) is 14.4 Å². The summed E-state index contributed by atoms with van der Waals surface area (Å²) in [7, 11) is 0. The molecule has 2 fully saturated rings. The fraction of sp³-hybridized carbons (Fsp3) is 0.235. The zero-order valence-electron chi connectivity index (χ0n) is 13.1. The number of furan rings is 1. The number of amides is 5. The summed E-state index contributed by atoms with van der Waals surface area (Å²) in [6.45, 7) is 0.270. The van der Waals surface area contributed by atoms with Crippen LogP contribution in [-0.2, 0) is 11.3 Å². The van der Waals surface area contributed by atoms with Crippen molar-refractivity contribution in [2.75, 3.05) is 0 Å². The smallest absolute Gasteiger partial charge is 0.326 e. The number of carbonyl (C=O) groups excluding carboxylic acids is 3. The second-order valence-corrected chi connectivity index (χ2v) is 5.99. The lowest BCUT2D eigenvalue weighted by Gasteiger charge is -2.45. The molecule has 0 spiro atoms. The normalized spacial score (nSPS) is 25.7. The van der Waals surface area contributed by atoms with Crippen molar-refractivity contribution in [1.82, 2.24) is 20.9 Å². The molecule has 2 aliphatic heterocycles. The van der Waals surface area contributed by atoms with Crippen LogP contribution in [0.5, 0.6) is 0 Å². The molecule has 1 aromatic carbocycles. The number of hydrogen-bond acceptors (Lipinski definition) is 4. The van der Waals surface area contributed by atoms with Gasteiger partial charge in [-0.25, -0.2) is 9.59 Å². The second-order valence-electron chi connectivity index (χ2n) is 5.99. The molecule has 4 rings (SSSR count). The summed E-state index contributed by atoms with van der Waals surface area (Å²) in [5, 5.41) is 7.77. The Morgan fingerprint density at radius 1 is 1.00 bits per heavy atom. The molecule has 0 radical (unpaired) electrons. The molecule has 8 heteroatoms. The first-order chi connectivity index (χ1) is 12.1. The van der Waals surface area contributed by atoms with Crippen LogP contribution in [0.2, 0.25) is 0 Å². The van der Waals surface area contributed by atoms with E-state index < -0.39 is 36.1 Å². The Morgan fingerprint density at radius 2 is 1.80 bits per heavy atom. The van der Waals surface area contributed by atoms with Gasteiger partial charge >= 0.3 is 12.1 Å². The van der Waals surface area contributed by atoms with Crippen LogP contribution in [0.25, 0.3) is 0 Å². The van der Waals surface area contributed by atoms with Crippen LogP contribution < -0.4 is 16.0 Å². The summed E-state index contributed by atoms with van der Waals surface area (Å²) in [6.07, 6.45) is 0.719. The molecule has 1 aromatic heterocycles. The van der Waals surface area contributed by atoms with Gasteiger partial charge in [0.05, 0.1) is 6.26 Å². The van der Waals surface area contributed by atoms with E-state index in [2.05, 4.69) is 16.0 Å². The summed E-state index contributed by atoms with van der Waals surface area (Å²) in [4.78, 5) is 38.4. The average molecular weight is 340 g/mol. The zero-order valence-corrected chi connectivity index (χ0v) is 13.1. The summed E-state index contributed by atoms with van der Waals surface area (Å²) < 4.78 is 5.37. The third kappa shape index (κ3) is 2.71. The molecule has 25 heavy (non-hydrogen) atoms. The largest absolute Gasteiger partial charge is 0.467 e. The summed E-state index contributed by atoms with van der Waals surface area (Å²) in [5.41, 5.74) is 0.896. The van der Waals surface area contributed by atoms with Crippen molar-refractivity contribution >= 4 is 18.0 Å².